The number of hydrogen-bond donors (Lipinski definition) is 0. The Balaban J connectivity index is 1.62. The number of nitrogens with zero attached hydrogens (tertiary/aromatic N) is 3. The van der Waals surface area contributed by atoms with E-state index in [0.717, 1.165) is 5.52 Å². The average molecular weight is 295 g/mol. The number of hydrogen-bond acceptors (Lipinski definition) is 5. The van der Waals surface area contributed by atoms with E-state index in [4.69, 9.17) is 14.4 Å². The van der Waals surface area contributed by atoms with E-state index in [2.05, 4.69) is 11.1 Å². The quantitative estimate of drug-likeness (QED) is 0.675. The lowest BCUT2D eigenvalue weighted by Crippen LogP contribution is -2.15. The summed E-state index contributed by atoms with van der Waals surface area (Å²) in [4.78, 5) is 16.0. The molecular formula is C16H13N3O3. The summed E-state index contributed by atoms with van der Waals surface area (Å²) in [6, 6.07) is 9.03. The van der Waals surface area contributed by atoms with Gasteiger partial charge in [0.1, 0.15) is 12.4 Å². The van der Waals surface area contributed by atoms with E-state index < -0.39 is 11.9 Å². The number of pyridine rings is 1. The van der Waals surface area contributed by atoms with Crippen LogP contribution in [0, 0.1) is 17.2 Å². The average Bonchev–Trinajstić information content (AvgIpc) is 3.21. The maximum absolute atomic E-state index is 12.0. The second-order valence-electron chi connectivity index (χ2n) is 4.85. The molecule has 3 heterocycles. The Hall–Kier alpha value is -3.07. The van der Waals surface area contributed by atoms with Crippen LogP contribution in [-0.2, 0) is 11.2 Å². The number of carbonyl (C=O) groups is 1. The molecule has 0 N–H and O–H groups in total. The summed E-state index contributed by atoms with van der Waals surface area (Å²) >= 11 is 0. The van der Waals surface area contributed by atoms with Gasteiger partial charge in [-0.2, -0.15) is 5.26 Å². The van der Waals surface area contributed by atoms with E-state index in [9.17, 15) is 4.79 Å². The number of rotatable bonds is 5. The molecule has 0 aromatic carbocycles. The monoisotopic (exact) mass is 295 g/mol. The fourth-order valence-electron chi connectivity index (χ4n) is 2.12. The molecule has 3 aromatic heterocycles. The Morgan fingerprint density at radius 3 is 3.18 bits per heavy atom. The summed E-state index contributed by atoms with van der Waals surface area (Å²) in [6.45, 7) is 0.0282. The van der Waals surface area contributed by atoms with Gasteiger partial charge in [-0.1, -0.05) is 0 Å². The van der Waals surface area contributed by atoms with E-state index in [1.807, 2.05) is 0 Å². The first-order valence-electron chi connectivity index (χ1n) is 6.77. The van der Waals surface area contributed by atoms with Gasteiger partial charge < -0.3 is 13.6 Å². The maximum atomic E-state index is 12.0. The molecule has 22 heavy (non-hydrogen) atoms. The van der Waals surface area contributed by atoms with Crippen molar-refractivity contribution in [3.05, 3.63) is 60.6 Å². The zero-order valence-corrected chi connectivity index (χ0v) is 11.7. The normalized spacial score (nSPS) is 12.0. The standard InChI is InChI=1S/C16H13N3O3/c17-8-12(6-15-2-1-5-21-15)10-22-16(20)13-3-4-19-11-18-9-14(19)7-13/h1-5,7,9,11-12H,6,10H2. The largest absolute Gasteiger partial charge is 0.469 e. The minimum absolute atomic E-state index is 0.0282. The molecule has 0 saturated heterocycles. The Bertz CT molecular complexity index is 815. The second kappa shape index (κ2) is 6.14. The molecule has 0 aliphatic rings. The van der Waals surface area contributed by atoms with Crippen molar-refractivity contribution in [2.45, 2.75) is 6.42 Å². The summed E-state index contributed by atoms with van der Waals surface area (Å²) in [6.07, 6.45) is 7.02. The Kier molecular flexibility index (Phi) is 3.88. The van der Waals surface area contributed by atoms with Crippen LogP contribution in [0.15, 0.2) is 53.7 Å². The first-order valence-corrected chi connectivity index (χ1v) is 6.77. The van der Waals surface area contributed by atoms with Gasteiger partial charge in [-0.05, 0) is 24.3 Å². The Labute approximate surface area is 126 Å². The second-order valence-corrected chi connectivity index (χ2v) is 4.85. The lowest BCUT2D eigenvalue weighted by Gasteiger charge is -2.09. The van der Waals surface area contributed by atoms with Crippen LogP contribution in [0.5, 0.6) is 0 Å². The smallest absolute Gasteiger partial charge is 0.338 e. The van der Waals surface area contributed by atoms with Crippen molar-refractivity contribution >= 4 is 11.5 Å². The van der Waals surface area contributed by atoms with Crippen molar-refractivity contribution in [1.29, 1.82) is 5.26 Å². The van der Waals surface area contributed by atoms with Gasteiger partial charge in [0.2, 0.25) is 0 Å². The third-order valence-electron chi connectivity index (χ3n) is 3.28. The topological polar surface area (TPSA) is 80.5 Å². The molecule has 110 valence electrons. The highest BCUT2D eigenvalue weighted by atomic mass is 16.5. The van der Waals surface area contributed by atoms with Crippen LogP contribution in [0.2, 0.25) is 0 Å². The van der Waals surface area contributed by atoms with Crippen LogP contribution in [0.3, 0.4) is 0 Å². The summed E-state index contributed by atoms with van der Waals surface area (Å²) < 4.78 is 12.2. The Morgan fingerprint density at radius 1 is 1.50 bits per heavy atom. The molecule has 1 unspecified atom stereocenters. The van der Waals surface area contributed by atoms with Gasteiger partial charge in [0.15, 0.2) is 0 Å². The van der Waals surface area contributed by atoms with Crippen molar-refractivity contribution in [2.75, 3.05) is 6.61 Å². The molecule has 6 heteroatoms. The molecule has 0 aliphatic carbocycles. The highest BCUT2D eigenvalue weighted by Gasteiger charge is 2.15. The summed E-state index contributed by atoms with van der Waals surface area (Å²) in [7, 11) is 0. The predicted molar refractivity (Wildman–Crippen MR) is 77.0 cm³/mol. The van der Waals surface area contributed by atoms with E-state index in [-0.39, 0.29) is 6.61 Å². The third kappa shape index (κ3) is 2.99. The number of fused-ring (bicyclic) bond motifs is 1. The van der Waals surface area contributed by atoms with Crippen molar-refractivity contribution in [2.24, 2.45) is 5.92 Å². The number of aromatic nitrogens is 2. The highest BCUT2D eigenvalue weighted by Crippen LogP contribution is 2.12. The molecule has 0 amide bonds. The minimum Gasteiger partial charge on any atom is -0.469 e. The van der Waals surface area contributed by atoms with Crippen molar-refractivity contribution in [1.82, 2.24) is 9.38 Å². The summed E-state index contributed by atoms with van der Waals surface area (Å²) in [5, 5.41) is 9.13. The highest BCUT2D eigenvalue weighted by molar-refractivity contribution is 5.90. The predicted octanol–water partition coefficient (Wildman–Crippen LogP) is 2.47. The first kappa shape index (κ1) is 13.9. The molecule has 1 atom stereocenters. The van der Waals surface area contributed by atoms with Crippen LogP contribution in [-0.4, -0.2) is 22.0 Å². The van der Waals surface area contributed by atoms with E-state index in [1.54, 1.807) is 53.7 Å². The van der Waals surface area contributed by atoms with Crippen LogP contribution >= 0.6 is 0 Å². The number of carbonyl (C=O) groups excluding carboxylic acids is 1. The summed E-state index contributed by atoms with van der Waals surface area (Å²) in [5.74, 6) is -0.194. The molecule has 0 bridgehead atoms. The minimum atomic E-state index is -0.455. The third-order valence-corrected chi connectivity index (χ3v) is 3.28. The molecule has 0 radical (unpaired) electrons. The molecule has 3 aromatic rings. The molecule has 0 fully saturated rings. The zero-order chi connectivity index (χ0) is 15.4. The van der Waals surface area contributed by atoms with Gasteiger partial charge in [-0.15, -0.1) is 0 Å². The lowest BCUT2D eigenvalue weighted by atomic mass is 10.1. The molecule has 6 nitrogen and oxygen atoms in total. The van der Waals surface area contributed by atoms with E-state index in [0.29, 0.717) is 17.7 Å². The summed E-state index contributed by atoms with van der Waals surface area (Å²) in [5.41, 5.74) is 1.24. The van der Waals surface area contributed by atoms with Crippen molar-refractivity contribution in [3.8, 4) is 6.07 Å². The van der Waals surface area contributed by atoms with Crippen LogP contribution in [0.1, 0.15) is 16.1 Å². The van der Waals surface area contributed by atoms with Gasteiger partial charge in [0.05, 0.1) is 41.9 Å². The zero-order valence-electron chi connectivity index (χ0n) is 11.7. The van der Waals surface area contributed by atoms with Crippen LogP contribution in [0.25, 0.3) is 5.52 Å². The van der Waals surface area contributed by atoms with Crippen molar-refractivity contribution in [3.63, 3.8) is 0 Å². The number of imidazole rings is 1. The van der Waals surface area contributed by atoms with Gasteiger partial charge in [-0.25, -0.2) is 9.78 Å². The molecule has 3 rings (SSSR count). The van der Waals surface area contributed by atoms with Crippen LogP contribution in [0.4, 0.5) is 0 Å². The SMILES string of the molecule is N#CC(COC(=O)c1ccn2cncc2c1)Cc1ccco1. The van der Waals surface area contributed by atoms with Crippen molar-refractivity contribution < 1.29 is 13.9 Å². The fraction of sp³-hybridized carbons (Fsp3) is 0.188. The molecule has 0 saturated carbocycles. The molecule has 0 aliphatic heterocycles. The van der Waals surface area contributed by atoms with E-state index >= 15 is 0 Å². The number of furan rings is 1. The Morgan fingerprint density at radius 2 is 2.41 bits per heavy atom. The van der Waals surface area contributed by atoms with E-state index in [1.165, 1.54) is 0 Å². The maximum Gasteiger partial charge on any atom is 0.338 e. The van der Waals surface area contributed by atoms with Gasteiger partial charge >= 0.3 is 5.97 Å². The lowest BCUT2D eigenvalue weighted by molar-refractivity contribution is 0.0465. The van der Waals surface area contributed by atoms with Gasteiger partial charge in [0.25, 0.3) is 0 Å². The number of nitriles is 1. The van der Waals surface area contributed by atoms with Crippen LogP contribution < -0.4 is 0 Å². The number of ether oxygens (including phenoxy) is 1. The van der Waals surface area contributed by atoms with Gasteiger partial charge in [-0.3, -0.25) is 0 Å². The molecular weight excluding hydrogens is 282 g/mol. The molecule has 0 spiro atoms. The first-order chi connectivity index (χ1) is 10.8. The number of esters is 1. The van der Waals surface area contributed by atoms with Gasteiger partial charge in [0, 0.05) is 12.6 Å². The fourth-order valence-corrected chi connectivity index (χ4v) is 2.12.